The molecule has 2 atom stereocenters. The molecule has 3 N–H and O–H groups in total. The van der Waals surface area contributed by atoms with E-state index in [9.17, 15) is 4.79 Å². The van der Waals surface area contributed by atoms with Gasteiger partial charge in [0.15, 0.2) is 0 Å². The highest BCUT2D eigenvalue weighted by Gasteiger charge is 2.26. The maximum absolute atomic E-state index is 12.3. The van der Waals surface area contributed by atoms with Crippen molar-refractivity contribution in [2.45, 2.75) is 38.9 Å². The summed E-state index contributed by atoms with van der Waals surface area (Å²) >= 11 is 1.85. The molecule has 0 fully saturated rings. The van der Waals surface area contributed by atoms with Gasteiger partial charge < -0.3 is 11.1 Å². The molecule has 1 aliphatic heterocycles. The number of fused-ring (bicyclic) bond motifs is 1. The summed E-state index contributed by atoms with van der Waals surface area (Å²) in [6.45, 7) is 6.48. The van der Waals surface area contributed by atoms with E-state index < -0.39 is 6.04 Å². The zero-order valence-corrected chi connectivity index (χ0v) is 17.0. The molecule has 142 valence electrons. The van der Waals surface area contributed by atoms with Gasteiger partial charge in [0.05, 0.1) is 12.1 Å². The molecule has 1 aliphatic rings. The van der Waals surface area contributed by atoms with Gasteiger partial charge in [0, 0.05) is 24.5 Å². The number of thiophene rings is 1. The Labute approximate surface area is 166 Å². The standard InChI is InChI=1S/C20H27N3OS.ClH/c1-14(2)19(21)20(24)22-12-17(15-6-4-3-5-7-15)23-10-8-18-16(13-23)9-11-25-18;/h3-7,9,11,14,17,19H,8,10,12-13,21H2,1-2H3,(H,22,24);1H/t17?,19-;/m0./s1. The third kappa shape index (κ3) is 4.86. The quantitative estimate of drug-likeness (QED) is 0.791. The second-order valence-corrected chi connectivity index (χ2v) is 8.03. The first kappa shape index (κ1) is 20.9. The van der Waals surface area contributed by atoms with E-state index in [1.54, 1.807) is 0 Å². The highest BCUT2D eigenvalue weighted by atomic mass is 35.5. The summed E-state index contributed by atoms with van der Waals surface area (Å²) in [5.74, 6) is 0.0719. The number of hydrogen-bond donors (Lipinski definition) is 2. The Bertz CT molecular complexity index is 704. The SMILES string of the molecule is CC(C)[C@H](N)C(=O)NCC(c1ccccc1)N1CCc2sccc2C1.Cl. The van der Waals surface area contributed by atoms with E-state index in [-0.39, 0.29) is 30.3 Å². The smallest absolute Gasteiger partial charge is 0.237 e. The van der Waals surface area contributed by atoms with Crippen LogP contribution in [0.15, 0.2) is 41.8 Å². The number of amides is 1. The average molecular weight is 394 g/mol. The van der Waals surface area contributed by atoms with Gasteiger partial charge in [-0.1, -0.05) is 44.2 Å². The van der Waals surface area contributed by atoms with Gasteiger partial charge in [-0.2, -0.15) is 0 Å². The highest BCUT2D eigenvalue weighted by molar-refractivity contribution is 7.10. The molecule has 0 bridgehead atoms. The Morgan fingerprint density at radius 2 is 2.00 bits per heavy atom. The van der Waals surface area contributed by atoms with Gasteiger partial charge in [-0.15, -0.1) is 23.7 Å². The van der Waals surface area contributed by atoms with Gasteiger partial charge in [0.1, 0.15) is 0 Å². The second kappa shape index (κ2) is 9.51. The minimum Gasteiger partial charge on any atom is -0.353 e. The summed E-state index contributed by atoms with van der Waals surface area (Å²) in [5, 5.41) is 5.25. The molecule has 4 nitrogen and oxygen atoms in total. The number of nitrogens with one attached hydrogen (secondary N) is 1. The normalized spacial score (nSPS) is 16.5. The zero-order valence-electron chi connectivity index (χ0n) is 15.4. The van der Waals surface area contributed by atoms with Crippen LogP contribution in [0.5, 0.6) is 0 Å². The van der Waals surface area contributed by atoms with Crippen molar-refractivity contribution in [2.75, 3.05) is 13.1 Å². The van der Waals surface area contributed by atoms with Crippen LogP contribution in [0.1, 0.15) is 35.9 Å². The molecular weight excluding hydrogens is 366 g/mol. The Hall–Kier alpha value is -1.40. The maximum Gasteiger partial charge on any atom is 0.237 e. The van der Waals surface area contributed by atoms with E-state index >= 15 is 0 Å². The number of hydrogen-bond acceptors (Lipinski definition) is 4. The molecule has 0 spiro atoms. The van der Waals surface area contributed by atoms with E-state index in [4.69, 9.17) is 5.73 Å². The van der Waals surface area contributed by atoms with Crippen LogP contribution < -0.4 is 11.1 Å². The van der Waals surface area contributed by atoms with Crippen molar-refractivity contribution in [3.05, 3.63) is 57.8 Å². The Morgan fingerprint density at radius 1 is 1.27 bits per heavy atom. The molecule has 26 heavy (non-hydrogen) atoms. The lowest BCUT2D eigenvalue weighted by Gasteiger charge is -2.35. The van der Waals surface area contributed by atoms with Crippen molar-refractivity contribution in [3.63, 3.8) is 0 Å². The summed E-state index contributed by atoms with van der Waals surface area (Å²) in [4.78, 5) is 16.3. The van der Waals surface area contributed by atoms with Crippen LogP contribution in [0.2, 0.25) is 0 Å². The topological polar surface area (TPSA) is 58.4 Å². The molecule has 1 aromatic carbocycles. The molecule has 0 aliphatic carbocycles. The van der Waals surface area contributed by atoms with Gasteiger partial charge in [-0.25, -0.2) is 0 Å². The Balaban J connectivity index is 0.00000243. The predicted octanol–water partition coefficient (Wildman–Crippen LogP) is 3.37. The lowest BCUT2D eigenvalue weighted by atomic mass is 10.0. The summed E-state index contributed by atoms with van der Waals surface area (Å²) in [6, 6.07) is 12.4. The number of carbonyl (C=O) groups excluding carboxylic acids is 1. The largest absolute Gasteiger partial charge is 0.353 e. The molecule has 2 aromatic rings. The van der Waals surface area contributed by atoms with Gasteiger partial charge in [0.25, 0.3) is 0 Å². The highest BCUT2D eigenvalue weighted by Crippen LogP contribution is 2.30. The van der Waals surface area contributed by atoms with E-state index in [2.05, 4.69) is 45.9 Å². The Morgan fingerprint density at radius 3 is 2.69 bits per heavy atom. The molecule has 3 rings (SSSR count). The first-order chi connectivity index (χ1) is 12.1. The minimum absolute atomic E-state index is 0. The first-order valence-corrected chi connectivity index (χ1v) is 9.81. The Kier molecular flexibility index (Phi) is 7.65. The van der Waals surface area contributed by atoms with Crippen LogP contribution in [-0.2, 0) is 17.8 Å². The molecular formula is C20H28ClN3OS. The van der Waals surface area contributed by atoms with Crippen molar-refractivity contribution in [2.24, 2.45) is 11.7 Å². The fourth-order valence-corrected chi connectivity index (χ4v) is 4.18. The molecule has 1 amide bonds. The van der Waals surface area contributed by atoms with Crippen molar-refractivity contribution < 1.29 is 4.79 Å². The van der Waals surface area contributed by atoms with Crippen LogP contribution in [0.25, 0.3) is 0 Å². The summed E-state index contributed by atoms with van der Waals surface area (Å²) in [6.07, 6.45) is 1.08. The molecule has 0 saturated carbocycles. The molecule has 1 unspecified atom stereocenters. The summed E-state index contributed by atoms with van der Waals surface area (Å²) in [7, 11) is 0. The monoisotopic (exact) mass is 393 g/mol. The number of nitrogens with two attached hydrogens (primary N) is 1. The van der Waals surface area contributed by atoms with E-state index in [1.807, 2.05) is 31.3 Å². The van der Waals surface area contributed by atoms with E-state index in [0.29, 0.717) is 6.54 Å². The van der Waals surface area contributed by atoms with Crippen LogP contribution in [0.4, 0.5) is 0 Å². The van der Waals surface area contributed by atoms with Gasteiger partial charge >= 0.3 is 0 Å². The fourth-order valence-electron chi connectivity index (χ4n) is 3.29. The zero-order chi connectivity index (χ0) is 17.8. The lowest BCUT2D eigenvalue weighted by molar-refractivity contribution is -0.123. The molecule has 1 aromatic heterocycles. The predicted molar refractivity (Wildman–Crippen MR) is 111 cm³/mol. The number of halogens is 1. The van der Waals surface area contributed by atoms with Gasteiger partial charge in [-0.05, 0) is 34.9 Å². The molecule has 2 heterocycles. The fraction of sp³-hybridized carbons (Fsp3) is 0.450. The maximum atomic E-state index is 12.3. The van der Waals surface area contributed by atoms with Crippen LogP contribution >= 0.6 is 23.7 Å². The van der Waals surface area contributed by atoms with Crippen molar-refractivity contribution in [3.8, 4) is 0 Å². The second-order valence-electron chi connectivity index (χ2n) is 7.03. The van der Waals surface area contributed by atoms with E-state index in [0.717, 1.165) is 19.5 Å². The molecule has 0 saturated heterocycles. The van der Waals surface area contributed by atoms with Gasteiger partial charge in [-0.3, -0.25) is 9.69 Å². The third-order valence-electron chi connectivity index (χ3n) is 4.95. The van der Waals surface area contributed by atoms with E-state index in [1.165, 1.54) is 16.0 Å². The van der Waals surface area contributed by atoms with Crippen molar-refractivity contribution >= 4 is 29.7 Å². The number of nitrogens with zero attached hydrogens (tertiary/aromatic N) is 1. The van der Waals surface area contributed by atoms with Gasteiger partial charge in [0.2, 0.25) is 5.91 Å². The first-order valence-electron chi connectivity index (χ1n) is 8.93. The number of carbonyl (C=O) groups is 1. The summed E-state index contributed by atoms with van der Waals surface area (Å²) < 4.78 is 0. The molecule has 0 radical (unpaired) electrons. The van der Waals surface area contributed by atoms with Crippen LogP contribution in [0, 0.1) is 5.92 Å². The third-order valence-corrected chi connectivity index (χ3v) is 5.98. The summed E-state index contributed by atoms with van der Waals surface area (Å²) in [5.41, 5.74) is 8.64. The minimum atomic E-state index is -0.457. The van der Waals surface area contributed by atoms with Crippen molar-refractivity contribution in [1.82, 2.24) is 10.2 Å². The van der Waals surface area contributed by atoms with Crippen LogP contribution in [0.3, 0.4) is 0 Å². The lowest BCUT2D eigenvalue weighted by Crippen LogP contribution is -2.47. The average Bonchev–Trinajstić information content (AvgIpc) is 3.09. The van der Waals surface area contributed by atoms with Crippen molar-refractivity contribution in [1.29, 1.82) is 0 Å². The van der Waals surface area contributed by atoms with Crippen LogP contribution in [-0.4, -0.2) is 29.9 Å². The number of benzene rings is 1. The molecule has 6 heteroatoms. The number of rotatable bonds is 6.